The normalized spacial score (nSPS) is 22.4. The lowest BCUT2D eigenvalue weighted by Crippen LogP contribution is -2.53. The summed E-state index contributed by atoms with van der Waals surface area (Å²) >= 11 is 0. The minimum absolute atomic E-state index is 0.0166. The third-order valence-electron chi connectivity index (χ3n) is 3.40. The van der Waals surface area contributed by atoms with Crippen LogP contribution < -0.4 is 11.5 Å². The molecule has 5 N–H and O–H groups in total. The van der Waals surface area contributed by atoms with Gasteiger partial charge in [0.2, 0.25) is 5.91 Å². The first-order chi connectivity index (χ1) is 9.76. The van der Waals surface area contributed by atoms with Gasteiger partial charge in [-0.25, -0.2) is 4.79 Å². The number of carbonyl (C=O) groups excluding carboxylic acids is 1. The van der Waals surface area contributed by atoms with Gasteiger partial charge in [0.05, 0.1) is 5.54 Å². The van der Waals surface area contributed by atoms with Crippen LogP contribution in [0, 0.1) is 0 Å². The first kappa shape index (κ1) is 20.6. The van der Waals surface area contributed by atoms with E-state index in [1.54, 1.807) is 18.7 Å². The number of nitrogens with two attached hydrogens (primary N) is 2. The zero-order chi connectivity index (χ0) is 17.7. The summed E-state index contributed by atoms with van der Waals surface area (Å²) in [6, 6.07) is 0.635. The minimum atomic E-state index is -5.08. The number of nitrogens with zero attached hydrogens (tertiary/aromatic N) is 1. The fourth-order valence-corrected chi connectivity index (χ4v) is 2.11. The number of alkyl halides is 3. The Bertz CT molecular complexity index is 386. The van der Waals surface area contributed by atoms with Crippen molar-refractivity contribution in [1.29, 1.82) is 0 Å². The molecular formula is C13H24F3N3O3. The van der Waals surface area contributed by atoms with E-state index in [1.807, 2.05) is 7.05 Å². The monoisotopic (exact) mass is 327 g/mol. The zero-order valence-electron chi connectivity index (χ0n) is 13.0. The second-order valence-corrected chi connectivity index (χ2v) is 6.01. The highest BCUT2D eigenvalue weighted by molar-refractivity contribution is 5.85. The average molecular weight is 327 g/mol. The summed E-state index contributed by atoms with van der Waals surface area (Å²) in [5.41, 5.74) is 10.9. The Morgan fingerprint density at radius 3 is 1.77 bits per heavy atom. The van der Waals surface area contributed by atoms with Gasteiger partial charge in [-0.1, -0.05) is 0 Å². The molecule has 1 rings (SSSR count). The second-order valence-electron chi connectivity index (χ2n) is 6.01. The summed E-state index contributed by atoms with van der Waals surface area (Å²) in [6.45, 7) is 3.50. The molecule has 0 saturated heterocycles. The smallest absolute Gasteiger partial charge is 0.475 e. The predicted molar refractivity (Wildman–Crippen MR) is 75.0 cm³/mol. The molecule has 0 heterocycles. The molecule has 0 atom stereocenters. The molecule has 22 heavy (non-hydrogen) atoms. The van der Waals surface area contributed by atoms with E-state index in [0.717, 1.165) is 25.7 Å². The largest absolute Gasteiger partial charge is 0.490 e. The van der Waals surface area contributed by atoms with E-state index in [-0.39, 0.29) is 5.91 Å². The van der Waals surface area contributed by atoms with Crippen LogP contribution in [-0.4, -0.2) is 52.7 Å². The molecular weight excluding hydrogens is 303 g/mol. The van der Waals surface area contributed by atoms with Crippen molar-refractivity contribution in [3.8, 4) is 0 Å². The van der Waals surface area contributed by atoms with Crippen molar-refractivity contribution in [2.45, 2.75) is 63.3 Å². The Kier molecular flexibility index (Phi) is 7.30. The van der Waals surface area contributed by atoms with Crippen molar-refractivity contribution in [3.05, 3.63) is 0 Å². The average Bonchev–Trinajstić information content (AvgIpc) is 2.36. The summed E-state index contributed by atoms with van der Waals surface area (Å²) < 4.78 is 31.7. The van der Waals surface area contributed by atoms with Crippen LogP contribution in [0.4, 0.5) is 13.2 Å². The van der Waals surface area contributed by atoms with E-state index >= 15 is 0 Å². The highest BCUT2D eigenvalue weighted by Crippen LogP contribution is 2.22. The van der Waals surface area contributed by atoms with Gasteiger partial charge >= 0.3 is 12.1 Å². The van der Waals surface area contributed by atoms with Crippen LogP contribution in [-0.2, 0) is 9.59 Å². The van der Waals surface area contributed by atoms with Gasteiger partial charge in [0.15, 0.2) is 0 Å². The van der Waals surface area contributed by atoms with Crippen LogP contribution in [0.15, 0.2) is 0 Å². The first-order valence-electron chi connectivity index (χ1n) is 6.88. The lowest BCUT2D eigenvalue weighted by atomic mass is 9.90. The molecule has 1 aliphatic carbocycles. The number of halogens is 3. The maximum absolute atomic E-state index is 11.9. The molecule has 0 unspecified atom stereocenters. The fourth-order valence-electron chi connectivity index (χ4n) is 2.11. The van der Waals surface area contributed by atoms with Crippen molar-refractivity contribution in [3.63, 3.8) is 0 Å². The summed E-state index contributed by atoms with van der Waals surface area (Å²) in [7, 11) is 1.85. The van der Waals surface area contributed by atoms with Crippen molar-refractivity contribution in [2.24, 2.45) is 11.5 Å². The number of carboxylic acids is 1. The van der Waals surface area contributed by atoms with E-state index in [9.17, 15) is 18.0 Å². The molecule has 1 fully saturated rings. The van der Waals surface area contributed by atoms with Gasteiger partial charge in [0, 0.05) is 19.1 Å². The Morgan fingerprint density at radius 1 is 1.14 bits per heavy atom. The summed E-state index contributed by atoms with van der Waals surface area (Å²) in [5.74, 6) is -2.74. The third kappa shape index (κ3) is 7.08. The molecule has 6 nitrogen and oxygen atoms in total. The van der Waals surface area contributed by atoms with E-state index in [2.05, 4.69) is 0 Å². The maximum Gasteiger partial charge on any atom is 0.490 e. The molecule has 1 aliphatic rings. The lowest BCUT2D eigenvalue weighted by molar-refractivity contribution is -0.192. The molecule has 0 aromatic rings. The standard InChI is InChI=1S/C11H23N3O.C2HF3O2/c1-11(2,13)10(15)14(3)9-6-4-8(12)5-7-9;3-2(4,5)1(6)7/h8-9H,4-7,12-13H2,1-3H3;(H,6,7). The van der Waals surface area contributed by atoms with Crippen molar-refractivity contribution >= 4 is 11.9 Å². The number of hydrogen-bond donors (Lipinski definition) is 3. The summed E-state index contributed by atoms with van der Waals surface area (Å²) in [4.78, 5) is 22.6. The maximum atomic E-state index is 11.9. The van der Waals surface area contributed by atoms with Crippen molar-refractivity contribution in [1.82, 2.24) is 4.90 Å². The number of amides is 1. The molecule has 0 spiro atoms. The van der Waals surface area contributed by atoms with Gasteiger partial charge in [0.25, 0.3) is 0 Å². The SMILES string of the molecule is CN(C(=O)C(C)(C)N)C1CCC(N)CC1.O=C(O)C(F)(F)F. The molecule has 0 radical (unpaired) electrons. The molecule has 9 heteroatoms. The number of hydrogen-bond acceptors (Lipinski definition) is 4. The molecule has 0 aromatic heterocycles. The second kappa shape index (κ2) is 7.77. The topological polar surface area (TPSA) is 110 Å². The van der Waals surface area contributed by atoms with Gasteiger partial charge in [-0.15, -0.1) is 0 Å². The minimum Gasteiger partial charge on any atom is -0.475 e. The fraction of sp³-hybridized carbons (Fsp3) is 0.846. The molecule has 0 aromatic carbocycles. The van der Waals surface area contributed by atoms with Crippen LogP contribution in [0.3, 0.4) is 0 Å². The van der Waals surface area contributed by atoms with E-state index < -0.39 is 17.7 Å². The number of carbonyl (C=O) groups is 2. The van der Waals surface area contributed by atoms with Crippen LogP contribution in [0.5, 0.6) is 0 Å². The van der Waals surface area contributed by atoms with Crippen LogP contribution in [0.2, 0.25) is 0 Å². The molecule has 0 bridgehead atoms. The Balaban J connectivity index is 0.000000534. The van der Waals surface area contributed by atoms with Gasteiger partial charge in [-0.2, -0.15) is 13.2 Å². The number of rotatable bonds is 2. The van der Waals surface area contributed by atoms with Crippen molar-refractivity contribution in [2.75, 3.05) is 7.05 Å². The lowest BCUT2D eigenvalue weighted by Gasteiger charge is -2.36. The highest BCUT2D eigenvalue weighted by atomic mass is 19.4. The van der Waals surface area contributed by atoms with Crippen molar-refractivity contribution < 1.29 is 27.9 Å². The third-order valence-corrected chi connectivity index (χ3v) is 3.40. The van der Waals surface area contributed by atoms with E-state index in [1.165, 1.54) is 0 Å². The number of carboxylic acid groups (broad SMARTS) is 1. The Morgan fingerprint density at radius 2 is 1.50 bits per heavy atom. The van der Waals surface area contributed by atoms with Gasteiger partial charge in [-0.3, -0.25) is 4.79 Å². The first-order valence-corrected chi connectivity index (χ1v) is 6.88. The van der Waals surface area contributed by atoms with Gasteiger partial charge in [-0.05, 0) is 39.5 Å². The van der Waals surface area contributed by atoms with E-state index in [0.29, 0.717) is 12.1 Å². The number of aliphatic carboxylic acids is 1. The molecule has 130 valence electrons. The van der Waals surface area contributed by atoms with Crippen LogP contribution >= 0.6 is 0 Å². The van der Waals surface area contributed by atoms with Gasteiger partial charge < -0.3 is 21.5 Å². The van der Waals surface area contributed by atoms with Crippen LogP contribution in [0.25, 0.3) is 0 Å². The molecule has 1 saturated carbocycles. The summed E-state index contributed by atoms with van der Waals surface area (Å²) in [5, 5.41) is 7.12. The number of likely N-dealkylation sites (N-methyl/N-ethyl adjacent to an activating group) is 1. The predicted octanol–water partition coefficient (Wildman–Crippen LogP) is 1.09. The summed E-state index contributed by atoms with van der Waals surface area (Å²) in [6.07, 6.45) is -1.07. The highest BCUT2D eigenvalue weighted by Gasteiger charge is 2.38. The Labute approximate surface area is 127 Å². The Hall–Kier alpha value is -1.35. The zero-order valence-corrected chi connectivity index (χ0v) is 13.0. The van der Waals surface area contributed by atoms with E-state index in [4.69, 9.17) is 21.4 Å². The van der Waals surface area contributed by atoms with Gasteiger partial charge in [0.1, 0.15) is 0 Å². The molecule has 1 amide bonds. The van der Waals surface area contributed by atoms with Crippen LogP contribution in [0.1, 0.15) is 39.5 Å². The quantitative estimate of drug-likeness (QED) is 0.703. The molecule has 0 aliphatic heterocycles.